The third-order valence-electron chi connectivity index (χ3n) is 3.38. The van der Waals surface area contributed by atoms with E-state index in [1.54, 1.807) is 0 Å². The standard InChI is InChI=1S/C12H15NO3S/c14-17(15)7-10-12(8-17)16-11(6-13-10)9-4-2-1-3-5-9/h1-5,10-13H,6-8H2. The van der Waals surface area contributed by atoms with E-state index in [1.807, 2.05) is 30.3 Å². The summed E-state index contributed by atoms with van der Waals surface area (Å²) in [7, 11) is -2.92. The molecule has 92 valence electrons. The van der Waals surface area contributed by atoms with Gasteiger partial charge in [-0.15, -0.1) is 0 Å². The number of hydrogen-bond donors (Lipinski definition) is 1. The maximum Gasteiger partial charge on any atom is 0.154 e. The largest absolute Gasteiger partial charge is 0.366 e. The van der Waals surface area contributed by atoms with Crippen LogP contribution < -0.4 is 5.32 Å². The Bertz CT molecular complexity index is 500. The van der Waals surface area contributed by atoms with E-state index in [2.05, 4.69) is 5.32 Å². The highest BCUT2D eigenvalue weighted by molar-refractivity contribution is 7.91. The number of morpholine rings is 1. The molecule has 0 radical (unpaired) electrons. The van der Waals surface area contributed by atoms with Gasteiger partial charge in [0, 0.05) is 12.6 Å². The predicted octanol–water partition coefficient (Wildman–Crippen LogP) is 0.513. The molecule has 1 aromatic rings. The Morgan fingerprint density at radius 2 is 1.94 bits per heavy atom. The Hall–Kier alpha value is -0.910. The minimum Gasteiger partial charge on any atom is -0.366 e. The van der Waals surface area contributed by atoms with E-state index in [4.69, 9.17) is 4.74 Å². The molecule has 2 fully saturated rings. The molecule has 2 saturated heterocycles. The van der Waals surface area contributed by atoms with Crippen molar-refractivity contribution in [3.8, 4) is 0 Å². The van der Waals surface area contributed by atoms with Crippen molar-refractivity contribution in [1.29, 1.82) is 0 Å². The second-order valence-corrected chi connectivity index (χ2v) is 6.82. The number of fused-ring (bicyclic) bond motifs is 1. The summed E-state index contributed by atoms with van der Waals surface area (Å²) in [5, 5.41) is 3.28. The summed E-state index contributed by atoms with van der Waals surface area (Å²) in [5.41, 5.74) is 1.10. The average molecular weight is 253 g/mol. The van der Waals surface area contributed by atoms with Gasteiger partial charge in [0.1, 0.15) is 0 Å². The van der Waals surface area contributed by atoms with E-state index in [0.29, 0.717) is 6.54 Å². The summed E-state index contributed by atoms with van der Waals surface area (Å²) in [6.45, 7) is 0.681. The number of ether oxygens (including phenoxy) is 1. The molecular formula is C12H15NO3S. The summed E-state index contributed by atoms with van der Waals surface area (Å²) in [4.78, 5) is 0. The van der Waals surface area contributed by atoms with Gasteiger partial charge in [-0.2, -0.15) is 0 Å². The molecule has 0 aromatic heterocycles. The number of nitrogens with one attached hydrogen (secondary N) is 1. The minimum atomic E-state index is -2.92. The van der Waals surface area contributed by atoms with Gasteiger partial charge >= 0.3 is 0 Å². The molecule has 0 bridgehead atoms. The van der Waals surface area contributed by atoms with Crippen LogP contribution in [0.15, 0.2) is 30.3 Å². The van der Waals surface area contributed by atoms with Crippen LogP contribution in [0.2, 0.25) is 0 Å². The zero-order valence-corrected chi connectivity index (χ0v) is 10.2. The summed E-state index contributed by atoms with van der Waals surface area (Å²) >= 11 is 0. The quantitative estimate of drug-likeness (QED) is 0.792. The number of hydrogen-bond acceptors (Lipinski definition) is 4. The van der Waals surface area contributed by atoms with E-state index in [1.165, 1.54) is 0 Å². The van der Waals surface area contributed by atoms with Gasteiger partial charge in [-0.05, 0) is 5.56 Å². The van der Waals surface area contributed by atoms with Crippen LogP contribution in [-0.4, -0.2) is 38.6 Å². The van der Waals surface area contributed by atoms with Gasteiger partial charge in [-0.1, -0.05) is 30.3 Å². The molecule has 1 N–H and O–H groups in total. The summed E-state index contributed by atoms with van der Waals surface area (Å²) in [5.74, 6) is 0.354. The fourth-order valence-corrected chi connectivity index (χ4v) is 4.35. The zero-order valence-electron chi connectivity index (χ0n) is 9.37. The van der Waals surface area contributed by atoms with Crippen LogP contribution in [0.5, 0.6) is 0 Å². The molecule has 0 spiro atoms. The van der Waals surface area contributed by atoms with Gasteiger partial charge in [0.25, 0.3) is 0 Å². The first-order valence-electron chi connectivity index (χ1n) is 5.78. The molecule has 3 rings (SSSR count). The molecule has 1 aromatic carbocycles. The van der Waals surface area contributed by atoms with Crippen molar-refractivity contribution in [2.45, 2.75) is 18.2 Å². The normalized spacial score (nSPS) is 35.4. The maximum atomic E-state index is 11.5. The molecule has 0 aliphatic carbocycles. The maximum absolute atomic E-state index is 11.5. The van der Waals surface area contributed by atoms with Crippen LogP contribution in [0.25, 0.3) is 0 Å². The lowest BCUT2D eigenvalue weighted by atomic mass is 10.1. The van der Waals surface area contributed by atoms with Gasteiger partial charge in [-0.25, -0.2) is 8.42 Å². The van der Waals surface area contributed by atoms with Gasteiger partial charge in [0.2, 0.25) is 0 Å². The molecule has 3 atom stereocenters. The van der Waals surface area contributed by atoms with Gasteiger partial charge in [0.15, 0.2) is 9.84 Å². The molecule has 4 nitrogen and oxygen atoms in total. The van der Waals surface area contributed by atoms with Crippen molar-refractivity contribution in [2.24, 2.45) is 0 Å². The van der Waals surface area contributed by atoms with Crippen LogP contribution in [0, 0.1) is 0 Å². The second kappa shape index (κ2) is 4.08. The van der Waals surface area contributed by atoms with E-state index in [9.17, 15) is 8.42 Å². The van der Waals surface area contributed by atoms with Crippen molar-refractivity contribution in [3.05, 3.63) is 35.9 Å². The molecule has 2 aliphatic heterocycles. The first-order chi connectivity index (χ1) is 8.14. The van der Waals surface area contributed by atoms with Crippen molar-refractivity contribution in [3.63, 3.8) is 0 Å². The van der Waals surface area contributed by atoms with Gasteiger partial charge in [-0.3, -0.25) is 0 Å². The second-order valence-electron chi connectivity index (χ2n) is 4.67. The Balaban J connectivity index is 1.77. The molecule has 0 saturated carbocycles. The highest BCUT2D eigenvalue weighted by atomic mass is 32.2. The number of benzene rings is 1. The van der Waals surface area contributed by atoms with Crippen LogP contribution in [0.3, 0.4) is 0 Å². The Labute approximate surface area is 101 Å². The van der Waals surface area contributed by atoms with Crippen LogP contribution in [0.4, 0.5) is 0 Å². The zero-order chi connectivity index (χ0) is 11.9. The molecule has 0 amide bonds. The fraction of sp³-hybridized carbons (Fsp3) is 0.500. The molecule has 5 heteroatoms. The van der Waals surface area contributed by atoms with E-state index in [0.717, 1.165) is 5.56 Å². The molecule has 17 heavy (non-hydrogen) atoms. The lowest BCUT2D eigenvalue weighted by Gasteiger charge is -2.32. The topological polar surface area (TPSA) is 55.4 Å². The van der Waals surface area contributed by atoms with Crippen molar-refractivity contribution < 1.29 is 13.2 Å². The van der Waals surface area contributed by atoms with Crippen LogP contribution in [0.1, 0.15) is 11.7 Å². The molecule has 2 heterocycles. The molecule has 3 unspecified atom stereocenters. The van der Waals surface area contributed by atoms with Crippen molar-refractivity contribution >= 4 is 9.84 Å². The van der Waals surface area contributed by atoms with E-state index < -0.39 is 9.84 Å². The Morgan fingerprint density at radius 3 is 2.71 bits per heavy atom. The monoisotopic (exact) mass is 253 g/mol. The highest BCUT2D eigenvalue weighted by Gasteiger charge is 2.42. The first-order valence-corrected chi connectivity index (χ1v) is 7.60. The van der Waals surface area contributed by atoms with Gasteiger partial charge < -0.3 is 10.1 Å². The third-order valence-corrected chi connectivity index (χ3v) is 5.08. The summed E-state index contributed by atoms with van der Waals surface area (Å²) in [6, 6.07) is 9.89. The van der Waals surface area contributed by atoms with E-state index in [-0.39, 0.29) is 29.8 Å². The average Bonchev–Trinajstić information content (AvgIpc) is 2.63. The van der Waals surface area contributed by atoms with Crippen LogP contribution in [-0.2, 0) is 14.6 Å². The number of sulfone groups is 1. The highest BCUT2D eigenvalue weighted by Crippen LogP contribution is 2.28. The Kier molecular flexibility index (Phi) is 2.69. The van der Waals surface area contributed by atoms with E-state index >= 15 is 0 Å². The van der Waals surface area contributed by atoms with Gasteiger partial charge in [0.05, 0.1) is 23.7 Å². The third kappa shape index (κ3) is 2.22. The lowest BCUT2D eigenvalue weighted by molar-refractivity contribution is -0.0437. The van der Waals surface area contributed by atoms with Crippen molar-refractivity contribution in [1.82, 2.24) is 5.32 Å². The fourth-order valence-electron chi connectivity index (χ4n) is 2.52. The molecular weight excluding hydrogens is 238 g/mol. The molecule has 2 aliphatic rings. The SMILES string of the molecule is O=S1(=O)CC2NCC(c3ccccc3)OC2C1. The predicted molar refractivity (Wildman–Crippen MR) is 64.5 cm³/mol. The smallest absolute Gasteiger partial charge is 0.154 e. The van der Waals surface area contributed by atoms with Crippen molar-refractivity contribution in [2.75, 3.05) is 18.1 Å². The van der Waals surface area contributed by atoms with Crippen LogP contribution >= 0.6 is 0 Å². The first kappa shape index (κ1) is 11.2. The Morgan fingerprint density at radius 1 is 1.18 bits per heavy atom. The minimum absolute atomic E-state index is 0.0278. The lowest BCUT2D eigenvalue weighted by Crippen LogP contribution is -2.48. The summed E-state index contributed by atoms with van der Waals surface area (Å²) < 4.78 is 28.9. The number of rotatable bonds is 1. The summed E-state index contributed by atoms with van der Waals surface area (Å²) in [6.07, 6.45) is -0.232.